The molecule has 4 heterocycles. The lowest BCUT2D eigenvalue weighted by atomic mass is 9.77. The Morgan fingerprint density at radius 3 is 1.87 bits per heavy atom. The van der Waals surface area contributed by atoms with Crippen LogP contribution < -0.4 is 10.6 Å². The molecule has 0 aromatic carbocycles. The third kappa shape index (κ3) is 7.80. The van der Waals surface area contributed by atoms with Gasteiger partial charge in [-0.25, -0.2) is 19.6 Å². The van der Waals surface area contributed by atoms with Gasteiger partial charge >= 0.3 is 12.2 Å². The number of H-pyrrole nitrogens is 2. The van der Waals surface area contributed by atoms with Crippen molar-refractivity contribution in [1.29, 1.82) is 0 Å². The summed E-state index contributed by atoms with van der Waals surface area (Å²) in [5, 5.41) is 5.61. The summed E-state index contributed by atoms with van der Waals surface area (Å²) < 4.78 is 9.76. The van der Waals surface area contributed by atoms with Gasteiger partial charge in [-0.2, -0.15) is 0 Å². The van der Waals surface area contributed by atoms with Gasteiger partial charge in [0, 0.05) is 12.1 Å². The Hall–Kier alpha value is -5.14. The number of hydrogen-bond acceptors (Lipinski definition) is 8. The number of amides is 4. The maximum atomic E-state index is 14.2. The van der Waals surface area contributed by atoms with Gasteiger partial charge in [0.15, 0.2) is 0 Å². The number of ether oxygens (including phenoxy) is 2. The predicted molar refractivity (Wildman–Crippen MR) is 234 cm³/mol. The van der Waals surface area contributed by atoms with E-state index in [0.717, 1.165) is 100 Å². The zero-order valence-electron chi connectivity index (χ0n) is 37.1. The van der Waals surface area contributed by atoms with Crippen molar-refractivity contribution in [3.8, 4) is 0 Å². The van der Waals surface area contributed by atoms with Crippen LogP contribution in [0.5, 0.6) is 0 Å². The minimum absolute atomic E-state index is 0.0643. The molecule has 8 aliphatic carbocycles. The van der Waals surface area contributed by atoms with E-state index in [9.17, 15) is 19.2 Å². The van der Waals surface area contributed by atoms with E-state index in [-0.39, 0.29) is 47.8 Å². The Labute approximate surface area is 364 Å². The Morgan fingerprint density at radius 1 is 0.742 bits per heavy atom. The van der Waals surface area contributed by atoms with Gasteiger partial charge in [0.25, 0.3) is 0 Å². The lowest BCUT2D eigenvalue weighted by molar-refractivity contribution is -0.140. The number of nitrogens with zero attached hydrogens (tertiary/aromatic N) is 4. The number of alkyl carbamates (subject to hydrolysis) is 2. The average Bonchev–Trinajstić information content (AvgIpc) is 4.14. The monoisotopic (exact) mass is 848 g/mol. The molecule has 14 nitrogen and oxygen atoms in total. The number of imidazole rings is 2. The first-order valence-corrected chi connectivity index (χ1v) is 23.2. The highest BCUT2D eigenvalue weighted by Crippen LogP contribution is 2.52. The standard InChI is InChI=1S/C48H64N8O6/c1-25(2)39(53-47(59)61-5)45(57)55-33-17-15-31(21-33)41(55)43-49-23-37(51-43)35-19-27-7-11-29(35)13-9-28-8-12-30(14-10-27)36(20-28)38-24-50-44(52-38)42-32-16-18-34(22-32)56(42)46(58)40(26(3)4)54-48(60)62-6/h7-8,11,20,23-27,30-34,39-42H,9-10,12-19,21-22H2,1-6H3,(H,49,51)(H,50,52)(H,53,59)(H,54,60)/t27-,30+,31?,32?,33?,34?,39-,40-,41-,42-/m0/s1. The van der Waals surface area contributed by atoms with Crippen molar-refractivity contribution in [2.75, 3.05) is 14.2 Å². The van der Waals surface area contributed by atoms with Crippen molar-refractivity contribution in [1.82, 2.24) is 40.4 Å². The number of likely N-dealkylation sites (tertiary alicyclic amines) is 2. The molecule has 4 unspecified atom stereocenters. The van der Waals surface area contributed by atoms with Crippen molar-refractivity contribution >= 4 is 35.1 Å². The smallest absolute Gasteiger partial charge is 0.407 e. The number of rotatable bonds is 10. The van der Waals surface area contributed by atoms with Crippen LogP contribution in [0.2, 0.25) is 0 Å². The van der Waals surface area contributed by atoms with Crippen LogP contribution in [0.1, 0.15) is 140 Å². The van der Waals surface area contributed by atoms with E-state index in [1.54, 1.807) is 0 Å². The van der Waals surface area contributed by atoms with Gasteiger partial charge in [-0.3, -0.25) is 9.59 Å². The van der Waals surface area contributed by atoms with Crippen molar-refractivity contribution in [2.24, 2.45) is 35.5 Å². The Kier molecular flexibility index (Phi) is 11.7. The number of aromatic amines is 2. The molecule has 62 heavy (non-hydrogen) atoms. The number of fused-ring (bicyclic) bond motifs is 4. The fraction of sp³-hybridized carbons (Fsp3) is 0.625. The molecule has 4 fully saturated rings. The maximum Gasteiger partial charge on any atom is 0.407 e. The van der Waals surface area contributed by atoms with E-state index in [4.69, 9.17) is 19.4 Å². The summed E-state index contributed by atoms with van der Waals surface area (Å²) in [6.07, 6.45) is 24.1. The average molecular weight is 849 g/mol. The van der Waals surface area contributed by atoms with Gasteiger partial charge in [-0.1, -0.05) is 57.6 Å². The number of nitrogens with one attached hydrogen (secondary N) is 4. The van der Waals surface area contributed by atoms with E-state index in [0.29, 0.717) is 23.7 Å². The predicted octanol–water partition coefficient (Wildman–Crippen LogP) is 7.93. The fourth-order valence-corrected chi connectivity index (χ4v) is 12.1. The molecule has 332 valence electrons. The first kappa shape index (κ1) is 42.2. The molecule has 2 aromatic heterocycles. The quantitative estimate of drug-likeness (QED) is 0.187. The fourth-order valence-electron chi connectivity index (χ4n) is 12.1. The van der Waals surface area contributed by atoms with Crippen LogP contribution in [0.25, 0.3) is 11.1 Å². The number of carbonyl (C=O) groups excluding carboxylic acids is 4. The highest BCUT2D eigenvalue weighted by molar-refractivity contribution is 5.88. The third-order valence-electron chi connectivity index (χ3n) is 15.3. The number of methoxy groups -OCH3 is 2. The summed E-state index contributed by atoms with van der Waals surface area (Å²) in [6.45, 7) is 7.81. The summed E-state index contributed by atoms with van der Waals surface area (Å²) in [7, 11) is 2.65. The van der Waals surface area contributed by atoms with Gasteiger partial charge < -0.3 is 39.9 Å². The zero-order valence-corrected chi connectivity index (χ0v) is 37.1. The summed E-state index contributed by atoms with van der Waals surface area (Å²) in [6, 6.07) is -1.37. The van der Waals surface area contributed by atoms with Gasteiger partial charge in [-0.15, -0.1) is 0 Å². The minimum atomic E-state index is -0.672. The van der Waals surface area contributed by atoms with Crippen LogP contribution in [0.3, 0.4) is 0 Å². The maximum absolute atomic E-state index is 14.2. The molecular formula is C48H64N8O6. The Balaban J connectivity index is 0.941. The van der Waals surface area contributed by atoms with Crippen molar-refractivity contribution in [3.05, 3.63) is 70.9 Å². The van der Waals surface area contributed by atoms with Crippen molar-refractivity contribution < 1.29 is 28.7 Å². The van der Waals surface area contributed by atoms with Gasteiger partial charge in [0.05, 0.1) is 50.1 Å². The molecule has 0 spiro atoms. The molecular weight excluding hydrogens is 785 g/mol. The lowest BCUT2D eigenvalue weighted by Crippen LogP contribution is -2.54. The molecule has 0 radical (unpaired) electrons. The summed E-state index contributed by atoms with van der Waals surface area (Å²) in [5.41, 5.74) is 7.34. The van der Waals surface area contributed by atoms with Crippen LogP contribution in [0.4, 0.5) is 9.59 Å². The normalized spacial score (nSPS) is 29.7. The number of allylic oxidation sites excluding steroid dienone is 8. The topological polar surface area (TPSA) is 175 Å². The molecule has 12 rings (SSSR count). The van der Waals surface area contributed by atoms with E-state index in [1.807, 2.05) is 49.9 Å². The number of carbonyl (C=O) groups is 4. The first-order chi connectivity index (χ1) is 29.9. The van der Waals surface area contributed by atoms with Crippen LogP contribution in [-0.4, -0.2) is 92.1 Å². The minimum Gasteiger partial charge on any atom is -0.453 e. The van der Waals surface area contributed by atoms with Gasteiger partial charge in [-0.05, 0) is 129 Å². The van der Waals surface area contributed by atoms with Gasteiger partial charge in [0.2, 0.25) is 11.8 Å². The second-order valence-corrected chi connectivity index (χ2v) is 19.6. The summed E-state index contributed by atoms with van der Waals surface area (Å²) in [4.78, 5) is 74.4. The third-order valence-corrected chi connectivity index (χ3v) is 15.3. The van der Waals surface area contributed by atoms with E-state index >= 15 is 0 Å². The van der Waals surface area contributed by atoms with Crippen molar-refractivity contribution in [2.45, 2.75) is 141 Å². The first-order valence-electron chi connectivity index (χ1n) is 23.2. The second kappa shape index (κ2) is 17.2. The van der Waals surface area contributed by atoms with Crippen LogP contribution in [0, 0.1) is 35.5 Å². The molecule has 2 aromatic rings. The summed E-state index contributed by atoms with van der Waals surface area (Å²) in [5.74, 6) is 2.73. The molecule has 10 atom stereocenters. The van der Waals surface area contributed by atoms with Crippen LogP contribution in [0.15, 0.2) is 47.8 Å². The van der Waals surface area contributed by atoms with E-state index < -0.39 is 24.3 Å². The van der Waals surface area contributed by atoms with Crippen molar-refractivity contribution in [3.63, 3.8) is 0 Å². The molecule has 2 aliphatic heterocycles. The molecule has 8 bridgehead atoms. The summed E-state index contributed by atoms with van der Waals surface area (Å²) >= 11 is 0. The molecule has 2 saturated heterocycles. The molecule has 10 aliphatic rings. The number of aromatic nitrogens is 4. The highest BCUT2D eigenvalue weighted by Gasteiger charge is 2.53. The Morgan fingerprint density at radius 2 is 1.31 bits per heavy atom. The largest absolute Gasteiger partial charge is 0.453 e. The Bertz CT molecular complexity index is 2200. The van der Waals surface area contributed by atoms with E-state index in [2.05, 4.69) is 44.9 Å². The molecule has 4 amide bonds. The zero-order chi connectivity index (χ0) is 43.4. The number of piperidine rings is 2. The van der Waals surface area contributed by atoms with Crippen LogP contribution in [-0.2, 0) is 19.1 Å². The van der Waals surface area contributed by atoms with E-state index in [1.165, 1.54) is 36.5 Å². The number of hydrogen-bond donors (Lipinski definition) is 4. The highest BCUT2D eigenvalue weighted by atomic mass is 16.5. The SMILES string of the molecule is COC(=O)N[C@H](C(=O)N1C2CCC(C2)[C@H]1c1ncc(C2=CC3=CC[C@@H]2CC[C@@H]2C=CC(=C(c4cnc([C@@H]5C6CCC(C6)N5C(=O)[C@@H](NC(=O)OC)C(C)C)[nH]4)C2)CC3)[nH]1)C(C)C. The van der Waals surface area contributed by atoms with Crippen LogP contribution >= 0.6 is 0 Å². The lowest BCUT2D eigenvalue weighted by Gasteiger charge is -2.37. The molecule has 4 N–H and O–H groups in total. The second-order valence-electron chi connectivity index (χ2n) is 19.6. The van der Waals surface area contributed by atoms with Gasteiger partial charge in [0.1, 0.15) is 23.7 Å². The molecule has 14 heteroatoms. The molecule has 2 saturated carbocycles.